The molecule has 0 aliphatic heterocycles. The van der Waals surface area contributed by atoms with E-state index in [4.69, 9.17) is 9.52 Å². The van der Waals surface area contributed by atoms with E-state index in [-0.39, 0.29) is 6.54 Å². The Morgan fingerprint density at radius 2 is 2.10 bits per heavy atom. The molecule has 0 saturated heterocycles. The summed E-state index contributed by atoms with van der Waals surface area (Å²) in [7, 11) is -3.85. The summed E-state index contributed by atoms with van der Waals surface area (Å²) in [6.07, 6.45) is 0. The smallest absolute Gasteiger partial charge is 0.371 e. The summed E-state index contributed by atoms with van der Waals surface area (Å²) in [5.74, 6) is -1.72. The van der Waals surface area contributed by atoms with Crippen molar-refractivity contribution in [2.24, 2.45) is 0 Å². The zero-order valence-electron chi connectivity index (χ0n) is 10.8. The van der Waals surface area contributed by atoms with Crippen LogP contribution in [0.4, 0.5) is 0 Å². The summed E-state index contributed by atoms with van der Waals surface area (Å²) < 4.78 is 31.0. The molecule has 0 bridgehead atoms. The number of sulfonamides is 1. The highest BCUT2D eigenvalue weighted by molar-refractivity contribution is 7.89. The summed E-state index contributed by atoms with van der Waals surface area (Å²) in [6, 6.07) is 4.14. The molecule has 0 radical (unpaired) electrons. The minimum absolute atomic E-state index is 0.144. The zero-order valence-corrected chi connectivity index (χ0v) is 12.5. The molecule has 2 heterocycles. The summed E-state index contributed by atoms with van der Waals surface area (Å²) >= 11 is 1.51. The third kappa shape index (κ3) is 3.09. The normalized spacial score (nSPS) is 11.7. The van der Waals surface area contributed by atoms with Gasteiger partial charge in [0.2, 0.25) is 10.9 Å². The monoisotopic (exact) mass is 315 g/mol. The van der Waals surface area contributed by atoms with Gasteiger partial charge in [-0.3, -0.25) is 0 Å². The fourth-order valence-corrected chi connectivity index (χ4v) is 3.57. The number of thiophene rings is 1. The van der Waals surface area contributed by atoms with E-state index in [1.807, 2.05) is 19.9 Å². The van der Waals surface area contributed by atoms with Gasteiger partial charge in [0, 0.05) is 16.3 Å². The average Bonchev–Trinajstić information content (AvgIpc) is 2.96. The quantitative estimate of drug-likeness (QED) is 0.881. The van der Waals surface area contributed by atoms with Gasteiger partial charge in [-0.25, -0.2) is 17.9 Å². The molecule has 2 rings (SSSR count). The van der Waals surface area contributed by atoms with Crippen LogP contribution in [0.5, 0.6) is 0 Å². The summed E-state index contributed by atoms with van der Waals surface area (Å²) in [6.45, 7) is 4.06. The molecule has 2 aromatic heterocycles. The van der Waals surface area contributed by atoms with E-state index >= 15 is 0 Å². The van der Waals surface area contributed by atoms with Crippen molar-refractivity contribution >= 4 is 27.3 Å². The molecule has 0 aliphatic carbocycles. The van der Waals surface area contributed by atoms with Crippen LogP contribution >= 0.6 is 11.3 Å². The molecule has 0 saturated carbocycles. The highest BCUT2D eigenvalue weighted by Crippen LogP contribution is 2.21. The maximum Gasteiger partial charge on any atom is 0.371 e. The first kappa shape index (κ1) is 14.8. The molecule has 0 unspecified atom stereocenters. The third-order valence-corrected chi connectivity index (χ3v) is 5.14. The van der Waals surface area contributed by atoms with Gasteiger partial charge in [0.15, 0.2) is 0 Å². The number of hydrogen-bond donors (Lipinski definition) is 2. The van der Waals surface area contributed by atoms with Crippen LogP contribution in [0.3, 0.4) is 0 Å². The summed E-state index contributed by atoms with van der Waals surface area (Å²) in [5, 5.41) is 8.29. The van der Waals surface area contributed by atoms with Crippen molar-refractivity contribution in [3.05, 3.63) is 39.3 Å². The number of carbonyl (C=O) groups is 1. The standard InChI is InChI=1S/C12H13NO5S2/c1-7-5-9(19-8(7)2)6-13-20(16,17)11-4-3-10(18-11)12(14)15/h3-5,13H,6H2,1-2H3,(H,14,15). The van der Waals surface area contributed by atoms with Crippen molar-refractivity contribution in [2.45, 2.75) is 25.5 Å². The molecule has 0 atom stereocenters. The van der Waals surface area contributed by atoms with Gasteiger partial charge >= 0.3 is 5.97 Å². The van der Waals surface area contributed by atoms with E-state index in [2.05, 4.69) is 4.72 Å². The van der Waals surface area contributed by atoms with E-state index < -0.39 is 26.8 Å². The van der Waals surface area contributed by atoms with Gasteiger partial charge in [0.1, 0.15) is 0 Å². The van der Waals surface area contributed by atoms with Crippen LogP contribution in [0, 0.1) is 13.8 Å². The minimum atomic E-state index is -3.85. The first-order valence-electron chi connectivity index (χ1n) is 5.68. The molecule has 6 nitrogen and oxygen atoms in total. The molecule has 0 amide bonds. The van der Waals surface area contributed by atoms with Crippen LogP contribution in [-0.2, 0) is 16.6 Å². The number of nitrogens with one attached hydrogen (secondary N) is 1. The fraction of sp³-hybridized carbons (Fsp3) is 0.250. The number of carboxylic acid groups (broad SMARTS) is 1. The van der Waals surface area contributed by atoms with Crippen molar-refractivity contribution in [3.8, 4) is 0 Å². The van der Waals surface area contributed by atoms with Crippen LogP contribution in [0.15, 0.2) is 27.7 Å². The predicted molar refractivity (Wildman–Crippen MR) is 73.5 cm³/mol. The lowest BCUT2D eigenvalue weighted by Crippen LogP contribution is -2.22. The molecule has 108 valence electrons. The van der Waals surface area contributed by atoms with Gasteiger partial charge < -0.3 is 9.52 Å². The molecule has 8 heteroatoms. The molecule has 2 N–H and O–H groups in total. The number of carboxylic acids is 1. The molecule has 0 fully saturated rings. The highest BCUT2D eigenvalue weighted by Gasteiger charge is 2.21. The first-order valence-corrected chi connectivity index (χ1v) is 7.98. The Hall–Kier alpha value is -1.64. The third-order valence-electron chi connectivity index (χ3n) is 2.71. The Morgan fingerprint density at radius 1 is 1.40 bits per heavy atom. The van der Waals surface area contributed by atoms with Crippen molar-refractivity contribution in [3.63, 3.8) is 0 Å². The second-order valence-electron chi connectivity index (χ2n) is 4.20. The number of furan rings is 1. The molecular formula is C12H13NO5S2. The zero-order chi connectivity index (χ0) is 14.9. The second-order valence-corrected chi connectivity index (χ2v) is 7.24. The Morgan fingerprint density at radius 3 is 2.60 bits per heavy atom. The van der Waals surface area contributed by atoms with Gasteiger partial charge in [0.05, 0.1) is 0 Å². The van der Waals surface area contributed by atoms with Crippen molar-refractivity contribution in [1.82, 2.24) is 4.72 Å². The largest absolute Gasteiger partial charge is 0.475 e. The van der Waals surface area contributed by atoms with Crippen LogP contribution in [0.1, 0.15) is 25.9 Å². The molecule has 0 aliphatic rings. The molecule has 20 heavy (non-hydrogen) atoms. The van der Waals surface area contributed by atoms with Crippen LogP contribution in [-0.4, -0.2) is 19.5 Å². The van der Waals surface area contributed by atoms with Crippen molar-refractivity contribution in [1.29, 1.82) is 0 Å². The molecule has 0 spiro atoms. The van der Waals surface area contributed by atoms with Gasteiger partial charge in [0.25, 0.3) is 10.0 Å². The predicted octanol–water partition coefficient (Wildman–Crippen LogP) is 2.13. The number of rotatable bonds is 5. The number of aromatic carboxylic acids is 1. The lowest BCUT2D eigenvalue weighted by molar-refractivity contribution is 0.0656. The summed E-state index contributed by atoms with van der Waals surface area (Å²) in [4.78, 5) is 12.7. The number of aryl methyl sites for hydroxylation is 2. The van der Waals surface area contributed by atoms with Crippen LogP contribution in [0.2, 0.25) is 0 Å². The molecule has 0 aromatic carbocycles. The molecule has 2 aromatic rings. The van der Waals surface area contributed by atoms with E-state index in [1.165, 1.54) is 11.3 Å². The topological polar surface area (TPSA) is 96.6 Å². The Labute approximate surface area is 120 Å². The van der Waals surface area contributed by atoms with E-state index in [1.54, 1.807) is 0 Å². The maximum absolute atomic E-state index is 11.9. The second kappa shape index (κ2) is 5.39. The fourth-order valence-electron chi connectivity index (χ4n) is 1.55. The lowest BCUT2D eigenvalue weighted by atomic mass is 10.3. The maximum atomic E-state index is 11.9. The van der Waals surface area contributed by atoms with Gasteiger partial charge in [-0.05, 0) is 37.6 Å². The Kier molecular flexibility index (Phi) is 3.98. The van der Waals surface area contributed by atoms with Gasteiger partial charge in [-0.1, -0.05) is 0 Å². The van der Waals surface area contributed by atoms with Gasteiger partial charge in [-0.2, -0.15) is 0 Å². The average molecular weight is 315 g/mol. The number of hydrogen-bond acceptors (Lipinski definition) is 5. The van der Waals surface area contributed by atoms with Gasteiger partial charge in [-0.15, -0.1) is 11.3 Å². The highest BCUT2D eigenvalue weighted by atomic mass is 32.2. The van der Waals surface area contributed by atoms with E-state index in [0.29, 0.717) is 0 Å². The van der Waals surface area contributed by atoms with Crippen LogP contribution in [0.25, 0.3) is 0 Å². The Bertz CT molecular complexity index is 722. The SMILES string of the molecule is Cc1cc(CNS(=O)(=O)c2ccc(C(=O)O)o2)sc1C. The lowest BCUT2D eigenvalue weighted by Gasteiger charge is -2.02. The first-order chi connectivity index (χ1) is 9.29. The molecular weight excluding hydrogens is 302 g/mol. The van der Waals surface area contributed by atoms with Crippen molar-refractivity contribution in [2.75, 3.05) is 0 Å². The van der Waals surface area contributed by atoms with Crippen LogP contribution < -0.4 is 4.72 Å². The van der Waals surface area contributed by atoms with E-state index in [9.17, 15) is 13.2 Å². The van der Waals surface area contributed by atoms with Crippen molar-refractivity contribution < 1.29 is 22.7 Å². The minimum Gasteiger partial charge on any atom is -0.475 e. The van der Waals surface area contributed by atoms with E-state index in [0.717, 1.165) is 27.5 Å². The Balaban J connectivity index is 2.12. The summed E-state index contributed by atoms with van der Waals surface area (Å²) in [5.41, 5.74) is 1.11.